The molecule has 0 bridgehead atoms. The quantitative estimate of drug-likeness (QED) is 0.814. The highest BCUT2D eigenvalue weighted by Gasteiger charge is 2.08. The van der Waals surface area contributed by atoms with Crippen molar-refractivity contribution in [1.82, 2.24) is 4.98 Å². The molecule has 1 heterocycles. The number of hydrogen-bond acceptors (Lipinski definition) is 3. The van der Waals surface area contributed by atoms with Crippen molar-refractivity contribution in [3.05, 3.63) is 45.6 Å². The molecule has 0 aliphatic heterocycles. The predicted molar refractivity (Wildman–Crippen MR) is 78.7 cm³/mol. The van der Waals surface area contributed by atoms with Crippen LogP contribution in [0.1, 0.15) is 11.3 Å². The summed E-state index contributed by atoms with van der Waals surface area (Å²) in [5.74, 6) is 0. The molecule has 0 aliphatic carbocycles. The van der Waals surface area contributed by atoms with E-state index in [9.17, 15) is 0 Å². The van der Waals surface area contributed by atoms with E-state index in [1.54, 1.807) is 12.1 Å². The monoisotopic (exact) mass is 298 g/mol. The molecular weight excluding hydrogens is 287 g/mol. The molecule has 2 aromatic rings. The fraction of sp³-hybridized carbons (Fsp3) is 0.154. The van der Waals surface area contributed by atoms with Gasteiger partial charge in [-0.15, -0.1) is 0 Å². The van der Waals surface area contributed by atoms with Crippen molar-refractivity contribution < 1.29 is 0 Å². The highest BCUT2D eigenvalue weighted by atomic mass is 35.5. The van der Waals surface area contributed by atoms with Crippen molar-refractivity contribution in [1.29, 1.82) is 0 Å². The molecule has 2 N–H and O–H groups in total. The molecule has 5 heteroatoms. The Morgan fingerprint density at radius 2 is 1.72 bits per heavy atom. The van der Waals surface area contributed by atoms with Gasteiger partial charge in [-0.05, 0) is 43.7 Å². The van der Waals surface area contributed by atoms with Crippen molar-refractivity contribution in [2.75, 3.05) is 5.73 Å². The average molecular weight is 299 g/mol. The summed E-state index contributed by atoms with van der Waals surface area (Å²) < 4.78 is 0. The SMILES string of the molecule is Cc1cc(C)nc(Sc2cc(Cl)c(Cl)cc2N)c1. The van der Waals surface area contributed by atoms with Crippen LogP contribution < -0.4 is 5.73 Å². The molecule has 2 rings (SSSR count). The standard InChI is InChI=1S/C13H12Cl2N2S/c1-7-3-8(2)17-13(4-7)18-12-6-10(15)9(14)5-11(12)16/h3-6H,16H2,1-2H3. The summed E-state index contributed by atoms with van der Waals surface area (Å²) >= 11 is 13.4. The van der Waals surface area contributed by atoms with E-state index in [0.717, 1.165) is 15.6 Å². The number of halogens is 2. The molecule has 94 valence electrons. The lowest BCUT2D eigenvalue weighted by atomic mass is 10.3. The fourth-order valence-corrected chi connectivity index (χ4v) is 3.02. The summed E-state index contributed by atoms with van der Waals surface area (Å²) in [4.78, 5) is 5.32. The first kappa shape index (κ1) is 13.5. The minimum absolute atomic E-state index is 0.465. The van der Waals surface area contributed by atoms with Gasteiger partial charge in [-0.25, -0.2) is 4.98 Å². The predicted octanol–water partition coefficient (Wildman–Crippen LogP) is 4.74. The summed E-state index contributed by atoms with van der Waals surface area (Å²) in [6.07, 6.45) is 0. The first-order valence-electron chi connectivity index (χ1n) is 5.33. The highest BCUT2D eigenvalue weighted by molar-refractivity contribution is 7.99. The zero-order valence-corrected chi connectivity index (χ0v) is 12.3. The Morgan fingerprint density at radius 3 is 2.39 bits per heavy atom. The van der Waals surface area contributed by atoms with Crippen LogP contribution in [0.3, 0.4) is 0 Å². The smallest absolute Gasteiger partial charge is 0.101 e. The third-order valence-electron chi connectivity index (χ3n) is 2.34. The van der Waals surface area contributed by atoms with Crippen molar-refractivity contribution in [3.63, 3.8) is 0 Å². The highest BCUT2D eigenvalue weighted by Crippen LogP contribution is 2.36. The molecule has 0 saturated heterocycles. The number of nitrogens with zero attached hydrogens (tertiary/aromatic N) is 1. The molecule has 0 saturated carbocycles. The molecule has 18 heavy (non-hydrogen) atoms. The number of nitrogen functional groups attached to an aromatic ring is 1. The maximum absolute atomic E-state index is 5.99. The normalized spacial score (nSPS) is 10.7. The third-order valence-corrected chi connectivity index (χ3v) is 4.06. The summed E-state index contributed by atoms with van der Waals surface area (Å²) in [6, 6.07) is 7.47. The molecule has 0 radical (unpaired) electrons. The maximum Gasteiger partial charge on any atom is 0.101 e. The van der Waals surface area contributed by atoms with Gasteiger partial charge in [0.1, 0.15) is 5.03 Å². The van der Waals surface area contributed by atoms with E-state index in [4.69, 9.17) is 28.9 Å². The summed E-state index contributed by atoms with van der Waals surface area (Å²) in [7, 11) is 0. The van der Waals surface area contributed by atoms with Gasteiger partial charge >= 0.3 is 0 Å². The van der Waals surface area contributed by atoms with Crippen LogP contribution in [0, 0.1) is 13.8 Å². The zero-order valence-electron chi connectivity index (χ0n) is 10.00. The van der Waals surface area contributed by atoms with E-state index < -0.39 is 0 Å². The van der Waals surface area contributed by atoms with Gasteiger partial charge in [0.15, 0.2) is 0 Å². The Morgan fingerprint density at radius 1 is 1.06 bits per heavy atom. The Kier molecular flexibility index (Phi) is 4.05. The Bertz CT molecular complexity index is 580. The maximum atomic E-state index is 5.99. The summed E-state index contributed by atoms with van der Waals surface area (Å²) in [6.45, 7) is 4.01. The van der Waals surface area contributed by atoms with Crippen LogP contribution in [-0.4, -0.2) is 4.98 Å². The summed E-state index contributed by atoms with van der Waals surface area (Å²) in [5.41, 5.74) is 8.68. The van der Waals surface area contributed by atoms with Crippen LogP contribution in [-0.2, 0) is 0 Å². The number of anilines is 1. The number of rotatable bonds is 2. The van der Waals surface area contributed by atoms with Gasteiger partial charge in [0.25, 0.3) is 0 Å². The zero-order chi connectivity index (χ0) is 13.3. The van der Waals surface area contributed by atoms with Gasteiger partial charge in [-0.3, -0.25) is 0 Å². The second kappa shape index (κ2) is 5.39. The molecule has 0 aliphatic rings. The van der Waals surface area contributed by atoms with Crippen molar-refractivity contribution >= 4 is 40.7 Å². The lowest BCUT2D eigenvalue weighted by molar-refractivity contribution is 1.05. The third kappa shape index (κ3) is 3.10. The van der Waals surface area contributed by atoms with Gasteiger partial charge in [0, 0.05) is 16.3 Å². The van der Waals surface area contributed by atoms with E-state index in [-0.39, 0.29) is 0 Å². The van der Waals surface area contributed by atoms with Gasteiger partial charge in [-0.2, -0.15) is 0 Å². The fourth-order valence-electron chi connectivity index (χ4n) is 1.60. The molecule has 0 atom stereocenters. The van der Waals surface area contributed by atoms with E-state index >= 15 is 0 Å². The van der Waals surface area contributed by atoms with E-state index in [1.807, 2.05) is 26.0 Å². The minimum atomic E-state index is 0.465. The van der Waals surface area contributed by atoms with Crippen molar-refractivity contribution in [2.45, 2.75) is 23.8 Å². The molecule has 2 nitrogen and oxygen atoms in total. The topological polar surface area (TPSA) is 38.9 Å². The van der Waals surface area contributed by atoms with Crippen LogP contribution >= 0.6 is 35.0 Å². The average Bonchev–Trinajstić information content (AvgIpc) is 2.24. The molecule has 0 fully saturated rings. The van der Waals surface area contributed by atoms with Crippen molar-refractivity contribution in [2.24, 2.45) is 0 Å². The van der Waals surface area contributed by atoms with Crippen molar-refractivity contribution in [3.8, 4) is 0 Å². The van der Waals surface area contributed by atoms with Gasteiger partial charge < -0.3 is 5.73 Å². The van der Waals surface area contributed by atoms with E-state index in [2.05, 4.69) is 4.98 Å². The second-order valence-corrected chi connectivity index (χ2v) is 5.91. The molecule has 0 spiro atoms. The molecule has 1 aromatic carbocycles. The Labute approximate surface area is 121 Å². The molecule has 1 aromatic heterocycles. The van der Waals surface area contributed by atoms with Gasteiger partial charge in [0.05, 0.1) is 10.0 Å². The number of nitrogens with two attached hydrogens (primary N) is 1. The molecular formula is C13H12Cl2N2S. The summed E-state index contributed by atoms with van der Waals surface area (Å²) in [5, 5.41) is 1.86. The van der Waals surface area contributed by atoms with Gasteiger partial charge in [-0.1, -0.05) is 35.0 Å². The largest absolute Gasteiger partial charge is 0.398 e. The molecule has 0 unspecified atom stereocenters. The number of hydrogen-bond donors (Lipinski definition) is 1. The van der Waals surface area contributed by atoms with Crippen LogP contribution in [0.25, 0.3) is 0 Å². The first-order valence-corrected chi connectivity index (χ1v) is 6.90. The molecule has 0 amide bonds. The lowest BCUT2D eigenvalue weighted by Crippen LogP contribution is -1.91. The van der Waals surface area contributed by atoms with Crippen LogP contribution in [0.4, 0.5) is 5.69 Å². The number of benzene rings is 1. The minimum Gasteiger partial charge on any atom is -0.398 e. The first-order chi connectivity index (χ1) is 8.45. The van der Waals surface area contributed by atoms with E-state index in [1.165, 1.54) is 17.3 Å². The number of aryl methyl sites for hydroxylation is 2. The lowest BCUT2D eigenvalue weighted by Gasteiger charge is -2.08. The number of pyridine rings is 1. The Hall–Kier alpha value is -0.900. The van der Waals surface area contributed by atoms with Gasteiger partial charge in [0.2, 0.25) is 0 Å². The van der Waals surface area contributed by atoms with E-state index in [0.29, 0.717) is 15.7 Å². The Balaban J connectivity index is 2.36. The second-order valence-electron chi connectivity index (χ2n) is 4.03. The van der Waals surface area contributed by atoms with Crippen LogP contribution in [0.5, 0.6) is 0 Å². The number of aromatic nitrogens is 1. The van der Waals surface area contributed by atoms with Crippen LogP contribution in [0.2, 0.25) is 10.0 Å². The van der Waals surface area contributed by atoms with Crippen LogP contribution in [0.15, 0.2) is 34.2 Å².